The summed E-state index contributed by atoms with van der Waals surface area (Å²) in [5, 5.41) is 0. The van der Waals surface area contributed by atoms with Crippen LogP contribution in [0.1, 0.15) is 36.7 Å². The average Bonchev–Trinajstić information content (AvgIpc) is 2.99. The number of H-pyrrole nitrogens is 1. The first-order valence-electron chi connectivity index (χ1n) is 7.55. The number of esters is 1. The summed E-state index contributed by atoms with van der Waals surface area (Å²) in [6.07, 6.45) is 5.28. The number of carbonyl (C=O) groups is 1. The number of carbonyl (C=O) groups excluding carboxylic acids is 1. The first kappa shape index (κ1) is 16.1. The maximum Gasteiger partial charge on any atom is 0.305 e. The fourth-order valence-corrected chi connectivity index (χ4v) is 2.19. The molecule has 22 heavy (non-hydrogen) atoms. The molecule has 5 heteroatoms. The van der Waals surface area contributed by atoms with Gasteiger partial charge >= 0.3 is 5.97 Å². The van der Waals surface area contributed by atoms with E-state index in [4.69, 9.17) is 9.47 Å². The summed E-state index contributed by atoms with van der Waals surface area (Å²) < 4.78 is 10.7. The summed E-state index contributed by atoms with van der Waals surface area (Å²) in [6, 6.07) is 6.09. The van der Waals surface area contributed by atoms with Gasteiger partial charge in [-0.2, -0.15) is 0 Å². The predicted molar refractivity (Wildman–Crippen MR) is 83.9 cm³/mol. The fraction of sp³-hybridized carbons (Fsp3) is 0.412. The molecule has 5 nitrogen and oxygen atoms in total. The summed E-state index contributed by atoms with van der Waals surface area (Å²) in [7, 11) is 0. The smallest absolute Gasteiger partial charge is 0.305 e. The molecule has 0 aliphatic carbocycles. The van der Waals surface area contributed by atoms with Crippen molar-refractivity contribution in [3.63, 3.8) is 0 Å². The zero-order valence-electron chi connectivity index (χ0n) is 13.1. The second kappa shape index (κ2) is 8.22. The summed E-state index contributed by atoms with van der Waals surface area (Å²) in [6.45, 7) is 4.77. The molecule has 118 valence electrons. The van der Waals surface area contributed by atoms with Crippen LogP contribution in [0.5, 0.6) is 5.75 Å². The van der Waals surface area contributed by atoms with Gasteiger partial charge in [0.2, 0.25) is 0 Å². The third kappa shape index (κ3) is 4.91. The normalized spacial score (nSPS) is 10.5. The van der Waals surface area contributed by atoms with Gasteiger partial charge < -0.3 is 14.5 Å². The highest BCUT2D eigenvalue weighted by Crippen LogP contribution is 2.22. The molecular weight excluding hydrogens is 280 g/mol. The van der Waals surface area contributed by atoms with Crippen molar-refractivity contribution in [2.75, 3.05) is 13.2 Å². The number of benzene rings is 1. The third-order valence-electron chi connectivity index (χ3n) is 3.22. The van der Waals surface area contributed by atoms with Gasteiger partial charge in [-0.1, -0.05) is 17.7 Å². The van der Waals surface area contributed by atoms with Gasteiger partial charge in [0.1, 0.15) is 11.6 Å². The lowest BCUT2D eigenvalue weighted by molar-refractivity contribution is -0.143. The lowest BCUT2D eigenvalue weighted by Crippen LogP contribution is -2.07. The Hall–Kier alpha value is -2.30. The van der Waals surface area contributed by atoms with Gasteiger partial charge in [-0.15, -0.1) is 0 Å². The number of nitrogens with one attached hydrogen (secondary N) is 1. The Morgan fingerprint density at radius 2 is 2.23 bits per heavy atom. The van der Waals surface area contributed by atoms with E-state index in [1.807, 2.05) is 25.3 Å². The van der Waals surface area contributed by atoms with Crippen molar-refractivity contribution in [1.82, 2.24) is 9.97 Å². The standard InChI is InChI=1S/C17H22N2O3/c1-3-21-17(20)5-4-10-22-15-7-6-13(2)11-14(15)12-16-18-8-9-19-16/h6-9,11H,3-5,10,12H2,1-2H3,(H,18,19). The SMILES string of the molecule is CCOC(=O)CCCOc1ccc(C)cc1Cc1ncc[nH]1. The van der Waals surface area contributed by atoms with Crippen molar-refractivity contribution >= 4 is 5.97 Å². The van der Waals surface area contributed by atoms with E-state index in [2.05, 4.69) is 23.0 Å². The number of nitrogens with zero attached hydrogens (tertiary/aromatic N) is 1. The largest absolute Gasteiger partial charge is 0.493 e. The number of rotatable bonds is 8. The Kier molecular flexibility index (Phi) is 6.01. The summed E-state index contributed by atoms with van der Waals surface area (Å²) in [4.78, 5) is 18.6. The maximum atomic E-state index is 11.3. The molecule has 0 fully saturated rings. The molecule has 1 aromatic carbocycles. The predicted octanol–water partition coefficient (Wildman–Crippen LogP) is 3.03. The molecule has 1 heterocycles. The first-order chi connectivity index (χ1) is 10.7. The third-order valence-corrected chi connectivity index (χ3v) is 3.22. The van der Waals surface area contributed by atoms with Crippen LogP contribution in [0.3, 0.4) is 0 Å². The van der Waals surface area contributed by atoms with Gasteiger partial charge in [-0.3, -0.25) is 4.79 Å². The van der Waals surface area contributed by atoms with Crippen LogP contribution in [0.4, 0.5) is 0 Å². The Bertz CT molecular complexity index is 594. The van der Waals surface area contributed by atoms with Crippen molar-refractivity contribution in [3.05, 3.63) is 47.5 Å². The Morgan fingerprint density at radius 3 is 2.95 bits per heavy atom. The molecule has 0 atom stereocenters. The highest BCUT2D eigenvalue weighted by Gasteiger charge is 2.08. The van der Waals surface area contributed by atoms with E-state index in [1.54, 1.807) is 6.20 Å². The van der Waals surface area contributed by atoms with Crippen LogP contribution in [0, 0.1) is 6.92 Å². The topological polar surface area (TPSA) is 64.2 Å². The summed E-state index contributed by atoms with van der Waals surface area (Å²) >= 11 is 0. The molecule has 2 rings (SSSR count). The zero-order valence-corrected chi connectivity index (χ0v) is 13.1. The summed E-state index contributed by atoms with van der Waals surface area (Å²) in [5.41, 5.74) is 2.27. The number of aryl methyl sites for hydroxylation is 1. The first-order valence-corrected chi connectivity index (χ1v) is 7.55. The molecule has 1 aromatic heterocycles. The lowest BCUT2D eigenvalue weighted by Gasteiger charge is -2.11. The van der Waals surface area contributed by atoms with E-state index in [0.29, 0.717) is 32.5 Å². The van der Waals surface area contributed by atoms with Crippen molar-refractivity contribution < 1.29 is 14.3 Å². The van der Waals surface area contributed by atoms with Crippen LogP contribution >= 0.6 is 0 Å². The van der Waals surface area contributed by atoms with Crippen molar-refractivity contribution in [2.45, 2.75) is 33.1 Å². The minimum absolute atomic E-state index is 0.175. The number of ether oxygens (including phenoxy) is 2. The quantitative estimate of drug-likeness (QED) is 0.601. The second-order valence-electron chi connectivity index (χ2n) is 5.08. The molecular formula is C17H22N2O3. The van der Waals surface area contributed by atoms with Crippen LogP contribution in [0.15, 0.2) is 30.6 Å². The summed E-state index contributed by atoms with van der Waals surface area (Å²) in [5.74, 6) is 1.57. The van der Waals surface area contributed by atoms with Gasteiger partial charge in [0, 0.05) is 30.8 Å². The monoisotopic (exact) mass is 302 g/mol. The second-order valence-corrected chi connectivity index (χ2v) is 5.08. The minimum atomic E-state index is -0.175. The number of aromatic amines is 1. The van der Waals surface area contributed by atoms with Crippen molar-refractivity contribution in [2.24, 2.45) is 0 Å². The Balaban J connectivity index is 1.91. The number of imidazole rings is 1. The molecule has 0 saturated heterocycles. The average molecular weight is 302 g/mol. The highest BCUT2D eigenvalue weighted by molar-refractivity contribution is 5.69. The molecule has 0 saturated carbocycles. The Labute approximate surface area is 130 Å². The molecule has 0 radical (unpaired) electrons. The lowest BCUT2D eigenvalue weighted by atomic mass is 10.1. The molecule has 0 bridgehead atoms. The molecule has 0 amide bonds. The van der Waals surface area contributed by atoms with Crippen LogP contribution in [0.25, 0.3) is 0 Å². The van der Waals surface area contributed by atoms with Gasteiger partial charge in [-0.25, -0.2) is 4.98 Å². The number of hydrogen-bond donors (Lipinski definition) is 1. The fourth-order valence-electron chi connectivity index (χ4n) is 2.19. The zero-order chi connectivity index (χ0) is 15.8. The van der Waals surface area contributed by atoms with Gasteiger partial charge in [-0.05, 0) is 26.3 Å². The van der Waals surface area contributed by atoms with E-state index < -0.39 is 0 Å². The highest BCUT2D eigenvalue weighted by atomic mass is 16.5. The van der Waals surface area contributed by atoms with E-state index in [1.165, 1.54) is 5.56 Å². The Morgan fingerprint density at radius 1 is 1.36 bits per heavy atom. The molecule has 0 spiro atoms. The van der Waals surface area contributed by atoms with Crippen LogP contribution in [-0.2, 0) is 16.0 Å². The number of hydrogen-bond acceptors (Lipinski definition) is 4. The van der Waals surface area contributed by atoms with E-state index in [9.17, 15) is 4.79 Å². The minimum Gasteiger partial charge on any atom is -0.493 e. The number of aromatic nitrogens is 2. The van der Waals surface area contributed by atoms with Gasteiger partial charge in [0.25, 0.3) is 0 Å². The molecule has 2 aromatic rings. The molecule has 0 aliphatic rings. The van der Waals surface area contributed by atoms with Crippen LogP contribution in [0.2, 0.25) is 0 Å². The molecule has 0 unspecified atom stereocenters. The molecule has 0 aliphatic heterocycles. The van der Waals surface area contributed by atoms with Gasteiger partial charge in [0.05, 0.1) is 13.2 Å². The molecule has 1 N–H and O–H groups in total. The van der Waals surface area contributed by atoms with Crippen LogP contribution in [-0.4, -0.2) is 29.2 Å². The van der Waals surface area contributed by atoms with Crippen molar-refractivity contribution in [3.8, 4) is 5.75 Å². The van der Waals surface area contributed by atoms with Crippen molar-refractivity contribution in [1.29, 1.82) is 0 Å². The maximum absolute atomic E-state index is 11.3. The van der Waals surface area contributed by atoms with E-state index in [-0.39, 0.29) is 5.97 Å². The van der Waals surface area contributed by atoms with E-state index >= 15 is 0 Å². The van der Waals surface area contributed by atoms with Gasteiger partial charge in [0.15, 0.2) is 0 Å². The van der Waals surface area contributed by atoms with E-state index in [0.717, 1.165) is 17.1 Å². The van der Waals surface area contributed by atoms with Crippen LogP contribution < -0.4 is 4.74 Å².